The van der Waals surface area contributed by atoms with Crippen molar-refractivity contribution in [2.24, 2.45) is 5.92 Å². The van der Waals surface area contributed by atoms with Gasteiger partial charge in [-0.1, -0.05) is 130 Å². The maximum absolute atomic E-state index is 3.95. The van der Waals surface area contributed by atoms with Crippen LogP contribution < -0.4 is 0 Å². The van der Waals surface area contributed by atoms with Crippen LogP contribution in [0.5, 0.6) is 0 Å². The summed E-state index contributed by atoms with van der Waals surface area (Å²) in [5, 5.41) is 0. The van der Waals surface area contributed by atoms with E-state index in [1.54, 1.807) is 0 Å². The molecule has 0 aliphatic rings. The summed E-state index contributed by atoms with van der Waals surface area (Å²) < 4.78 is 0. The van der Waals surface area contributed by atoms with Gasteiger partial charge in [0, 0.05) is 0 Å². The molecule has 0 aliphatic carbocycles. The van der Waals surface area contributed by atoms with Crippen molar-refractivity contribution in [1.29, 1.82) is 0 Å². The van der Waals surface area contributed by atoms with Crippen LogP contribution in [-0.2, 0) is 0 Å². The van der Waals surface area contributed by atoms with Crippen LogP contribution in [0.1, 0.15) is 123 Å². The lowest BCUT2D eigenvalue weighted by molar-refractivity contribution is 0.369. The van der Waals surface area contributed by atoms with E-state index < -0.39 is 0 Å². The van der Waals surface area contributed by atoms with E-state index in [-0.39, 0.29) is 0 Å². The molecule has 0 saturated carbocycles. The molecule has 0 aromatic carbocycles. The minimum Gasteiger partial charge on any atom is -0.0654 e. The molecular weight excluding hydrogens is 252 g/mol. The van der Waals surface area contributed by atoms with Gasteiger partial charge in [0.2, 0.25) is 0 Å². The molecular formula is C21H43. The van der Waals surface area contributed by atoms with Crippen molar-refractivity contribution >= 4 is 0 Å². The molecule has 0 amide bonds. The van der Waals surface area contributed by atoms with E-state index in [1.807, 2.05) is 0 Å². The molecule has 1 atom stereocenters. The fourth-order valence-electron chi connectivity index (χ4n) is 3.29. The molecule has 0 aromatic rings. The van der Waals surface area contributed by atoms with Crippen LogP contribution in [0.2, 0.25) is 0 Å². The van der Waals surface area contributed by atoms with Crippen LogP contribution in [0.25, 0.3) is 0 Å². The predicted molar refractivity (Wildman–Crippen MR) is 98.7 cm³/mol. The number of unbranched alkanes of at least 4 members (excludes halogenated alkanes) is 11. The Bertz CT molecular complexity index is 173. The molecule has 127 valence electrons. The van der Waals surface area contributed by atoms with Crippen molar-refractivity contribution in [2.75, 3.05) is 0 Å². The second-order valence-electron chi connectivity index (χ2n) is 6.97. The third kappa shape index (κ3) is 16.2. The van der Waals surface area contributed by atoms with Crippen molar-refractivity contribution in [1.82, 2.24) is 0 Å². The molecule has 0 heterocycles. The zero-order valence-electron chi connectivity index (χ0n) is 15.3. The largest absolute Gasteiger partial charge is 0.0654 e. The summed E-state index contributed by atoms with van der Waals surface area (Å²) in [4.78, 5) is 0. The molecule has 0 heteroatoms. The van der Waals surface area contributed by atoms with E-state index in [0.29, 0.717) is 0 Å². The molecule has 0 nitrogen and oxygen atoms in total. The Morgan fingerprint density at radius 3 is 1.43 bits per heavy atom. The molecule has 1 unspecified atom stereocenters. The van der Waals surface area contributed by atoms with Crippen LogP contribution in [0.3, 0.4) is 0 Å². The average molecular weight is 296 g/mol. The van der Waals surface area contributed by atoms with Gasteiger partial charge in [0.1, 0.15) is 0 Å². The third-order valence-electron chi connectivity index (χ3n) is 4.79. The lowest BCUT2D eigenvalue weighted by Gasteiger charge is -2.16. The Morgan fingerprint density at radius 2 is 0.905 bits per heavy atom. The number of rotatable bonds is 17. The monoisotopic (exact) mass is 295 g/mol. The van der Waals surface area contributed by atoms with Crippen LogP contribution in [0.15, 0.2) is 0 Å². The highest BCUT2D eigenvalue weighted by atomic mass is 14.1. The summed E-state index contributed by atoms with van der Waals surface area (Å²) in [6.45, 7) is 8.57. The Hall–Kier alpha value is 0. The first kappa shape index (κ1) is 21.0. The van der Waals surface area contributed by atoms with Crippen LogP contribution >= 0.6 is 0 Å². The Morgan fingerprint density at radius 1 is 0.524 bits per heavy atom. The molecule has 21 heavy (non-hydrogen) atoms. The van der Waals surface area contributed by atoms with E-state index in [9.17, 15) is 0 Å². The molecule has 0 N–H and O–H groups in total. The van der Waals surface area contributed by atoms with Crippen molar-refractivity contribution in [3.05, 3.63) is 6.92 Å². The fraction of sp³-hybridized carbons (Fsp3) is 0.952. The number of hydrogen-bond donors (Lipinski definition) is 0. The van der Waals surface area contributed by atoms with Crippen LogP contribution in [0.4, 0.5) is 0 Å². The van der Waals surface area contributed by atoms with Crippen molar-refractivity contribution < 1.29 is 0 Å². The summed E-state index contributed by atoms with van der Waals surface area (Å²) in [5.74, 6) is 1.03. The van der Waals surface area contributed by atoms with Gasteiger partial charge < -0.3 is 0 Å². The maximum atomic E-state index is 3.95. The summed E-state index contributed by atoms with van der Waals surface area (Å²) in [6.07, 6.45) is 24.2. The quantitative estimate of drug-likeness (QED) is 0.238. The first-order valence-corrected chi connectivity index (χ1v) is 10.1. The van der Waals surface area contributed by atoms with Gasteiger partial charge in [0.05, 0.1) is 0 Å². The maximum Gasteiger partial charge on any atom is -0.0414 e. The topological polar surface area (TPSA) is 0 Å². The van der Waals surface area contributed by atoms with Gasteiger partial charge in [-0.25, -0.2) is 0 Å². The Balaban J connectivity index is 3.61. The molecule has 0 spiro atoms. The highest BCUT2D eigenvalue weighted by Crippen LogP contribution is 2.24. The van der Waals surface area contributed by atoms with Gasteiger partial charge in [-0.3, -0.25) is 0 Å². The summed E-state index contributed by atoms with van der Waals surface area (Å²) in [7, 11) is 0. The van der Waals surface area contributed by atoms with Gasteiger partial charge in [-0.15, -0.1) is 0 Å². The molecule has 0 aliphatic heterocycles. The number of hydrogen-bond acceptors (Lipinski definition) is 0. The van der Waals surface area contributed by atoms with E-state index >= 15 is 0 Å². The standard InChI is InChI=1S/C21H43/c1-4-7-10-12-13-14-17-20-21(18-15-9-6-3)19-16-11-8-5-2/h21H,2,4-20H2,1,3H3. The lowest BCUT2D eigenvalue weighted by Crippen LogP contribution is -2.01. The van der Waals surface area contributed by atoms with Gasteiger partial charge in [0.25, 0.3) is 0 Å². The molecule has 0 saturated heterocycles. The Labute approximate surface area is 136 Å². The first-order valence-electron chi connectivity index (χ1n) is 10.1. The normalized spacial score (nSPS) is 12.7. The predicted octanol–water partition coefficient (Wildman–Crippen LogP) is 8.11. The van der Waals surface area contributed by atoms with Crippen LogP contribution in [0, 0.1) is 12.8 Å². The molecule has 0 rings (SSSR count). The molecule has 0 bridgehead atoms. The Kier molecular flexibility index (Phi) is 18.1. The van der Waals surface area contributed by atoms with Gasteiger partial charge >= 0.3 is 0 Å². The van der Waals surface area contributed by atoms with E-state index in [4.69, 9.17) is 0 Å². The first-order chi connectivity index (χ1) is 10.3. The zero-order valence-corrected chi connectivity index (χ0v) is 15.3. The average Bonchev–Trinajstić information content (AvgIpc) is 2.50. The SMILES string of the molecule is [CH2]CCCCCC(CCCCC)CCCCCCCCC. The van der Waals surface area contributed by atoms with E-state index in [1.165, 1.54) is 103 Å². The molecule has 0 aromatic heterocycles. The van der Waals surface area contributed by atoms with Crippen molar-refractivity contribution in [3.63, 3.8) is 0 Å². The summed E-state index contributed by atoms with van der Waals surface area (Å²) in [5.41, 5.74) is 0. The summed E-state index contributed by atoms with van der Waals surface area (Å²) in [6, 6.07) is 0. The molecule has 1 radical (unpaired) electrons. The second kappa shape index (κ2) is 18.1. The minimum absolute atomic E-state index is 1.03. The smallest absolute Gasteiger partial charge is 0.0414 e. The zero-order chi connectivity index (χ0) is 15.6. The van der Waals surface area contributed by atoms with Gasteiger partial charge in [-0.05, 0) is 5.92 Å². The van der Waals surface area contributed by atoms with E-state index in [2.05, 4.69) is 20.8 Å². The van der Waals surface area contributed by atoms with E-state index in [0.717, 1.165) is 12.3 Å². The van der Waals surface area contributed by atoms with Gasteiger partial charge in [0.15, 0.2) is 0 Å². The van der Waals surface area contributed by atoms with Gasteiger partial charge in [-0.2, -0.15) is 0 Å². The fourth-order valence-corrected chi connectivity index (χ4v) is 3.29. The van der Waals surface area contributed by atoms with Crippen molar-refractivity contribution in [3.8, 4) is 0 Å². The summed E-state index contributed by atoms with van der Waals surface area (Å²) >= 11 is 0. The van der Waals surface area contributed by atoms with Crippen molar-refractivity contribution in [2.45, 2.75) is 123 Å². The lowest BCUT2D eigenvalue weighted by atomic mass is 9.90. The highest BCUT2D eigenvalue weighted by molar-refractivity contribution is 4.61. The highest BCUT2D eigenvalue weighted by Gasteiger charge is 2.08. The minimum atomic E-state index is 1.03. The molecule has 0 fully saturated rings. The van der Waals surface area contributed by atoms with Crippen LogP contribution in [-0.4, -0.2) is 0 Å². The second-order valence-corrected chi connectivity index (χ2v) is 6.97. The third-order valence-corrected chi connectivity index (χ3v) is 4.79.